The maximum absolute atomic E-state index is 5.84. The largest absolute Gasteiger partial charge is 0.340 e. The van der Waals surface area contributed by atoms with E-state index in [1.807, 2.05) is 0 Å². The second kappa shape index (κ2) is 5.23. The summed E-state index contributed by atoms with van der Waals surface area (Å²) in [6.45, 7) is 0.905. The molecule has 0 aliphatic heterocycles. The molecule has 15 heavy (non-hydrogen) atoms. The highest BCUT2D eigenvalue weighted by Gasteiger charge is 2.17. The van der Waals surface area contributed by atoms with E-state index in [1.54, 1.807) is 0 Å². The summed E-state index contributed by atoms with van der Waals surface area (Å²) in [5, 5.41) is 7.06. The third-order valence-corrected chi connectivity index (χ3v) is 2.95. The standard InChI is InChI=1S/C10H18N4O/c11-8-1-3-9(4-2-8)12-6-5-10-13-7-14-15-10/h7-9,12H,1-6,11H2. The Labute approximate surface area is 89.4 Å². The van der Waals surface area contributed by atoms with Gasteiger partial charge in [0.25, 0.3) is 0 Å². The third kappa shape index (κ3) is 3.28. The molecule has 1 heterocycles. The molecule has 1 aromatic rings. The zero-order chi connectivity index (χ0) is 10.5. The summed E-state index contributed by atoms with van der Waals surface area (Å²) < 4.78 is 4.92. The van der Waals surface area contributed by atoms with Crippen molar-refractivity contribution in [3.8, 4) is 0 Å². The molecule has 1 aliphatic carbocycles. The van der Waals surface area contributed by atoms with Gasteiger partial charge >= 0.3 is 0 Å². The molecule has 0 saturated heterocycles. The van der Waals surface area contributed by atoms with Crippen molar-refractivity contribution < 1.29 is 4.52 Å². The van der Waals surface area contributed by atoms with Crippen LogP contribution in [-0.4, -0.2) is 28.8 Å². The lowest BCUT2D eigenvalue weighted by Crippen LogP contribution is -2.38. The number of nitrogens with one attached hydrogen (secondary N) is 1. The Morgan fingerprint density at radius 3 is 2.87 bits per heavy atom. The molecule has 0 amide bonds. The van der Waals surface area contributed by atoms with Gasteiger partial charge in [-0.1, -0.05) is 5.16 Å². The first-order valence-electron chi connectivity index (χ1n) is 5.59. The van der Waals surface area contributed by atoms with Crippen molar-refractivity contribution in [2.75, 3.05) is 6.54 Å². The van der Waals surface area contributed by atoms with Gasteiger partial charge in [-0.05, 0) is 25.7 Å². The predicted octanol–water partition coefficient (Wildman–Crippen LogP) is 0.472. The summed E-state index contributed by atoms with van der Waals surface area (Å²) in [4.78, 5) is 3.97. The van der Waals surface area contributed by atoms with Gasteiger partial charge in [0, 0.05) is 25.0 Å². The first-order valence-corrected chi connectivity index (χ1v) is 5.59. The quantitative estimate of drug-likeness (QED) is 0.755. The van der Waals surface area contributed by atoms with Gasteiger partial charge in [0.1, 0.15) is 0 Å². The zero-order valence-corrected chi connectivity index (χ0v) is 8.85. The Morgan fingerprint density at radius 1 is 1.40 bits per heavy atom. The SMILES string of the molecule is NC1CCC(NCCc2ncno2)CC1. The van der Waals surface area contributed by atoms with Gasteiger partial charge in [0.2, 0.25) is 5.89 Å². The van der Waals surface area contributed by atoms with Gasteiger partial charge < -0.3 is 15.6 Å². The first kappa shape index (κ1) is 10.6. The van der Waals surface area contributed by atoms with Gasteiger partial charge in [0.15, 0.2) is 6.33 Å². The van der Waals surface area contributed by atoms with Crippen molar-refractivity contribution in [1.29, 1.82) is 0 Å². The van der Waals surface area contributed by atoms with Gasteiger partial charge in [-0.3, -0.25) is 0 Å². The molecule has 0 spiro atoms. The summed E-state index contributed by atoms with van der Waals surface area (Å²) in [5.74, 6) is 0.704. The number of nitrogens with two attached hydrogens (primary N) is 1. The molecule has 1 aromatic heterocycles. The Bertz CT molecular complexity index is 267. The van der Waals surface area contributed by atoms with Gasteiger partial charge in [-0.2, -0.15) is 4.98 Å². The number of hydrogen-bond acceptors (Lipinski definition) is 5. The highest BCUT2D eigenvalue weighted by atomic mass is 16.5. The highest BCUT2D eigenvalue weighted by molar-refractivity contribution is 4.81. The fourth-order valence-electron chi connectivity index (χ4n) is 2.01. The number of hydrogen-bond donors (Lipinski definition) is 2. The molecular weight excluding hydrogens is 192 g/mol. The van der Waals surface area contributed by atoms with Gasteiger partial charge in [-0.15, -0.1) is 0 Å². The first-order chi connectivity index (χ1) is 7.34. The molecule has 0 aromatic carbocycles. The summed E-state index contributed by atoms with van der Waals surface area (Å²) in [6.07, 6.45) is 6.89. The fourth-order valence-corrected chi connectivity index (χ4v) is 2.01. The van der Waals surface area contributed by atoms with Crippen molar-refractivity contribution in [2.45, 2.75) is 44.2 Å². The molecular formula is C10H18N4O. The smallest absolute Gasteiger partial charge is 0.227 e. The molecule has 1 saturated carbocycles. The molecule has 3 N–H and O–H groups in total. The Kier molecular flexibility index (Phi) is 3.69. The van der Waals surface area contributed by atoms with E-state index in [4.69, 9.17) is 10.3 Å². The summed E-state index contributed by atoms with van der Waals surface area (Å²) in [5.41, 5.74) is 5.84. The number of rotatable bonds is 4. The molecule has 1 fully saturated rings. The monoisotopic (exact) mass is 210 g/mol. The minimum absolute atomic E-state index is 0.416. The van der Waals surface area contributed by atoms with Crippen molar-refractivity contribution in [2.24, 2.45) is 5.73 Å². The van der Waals surface area contributed by atoms with Crippen LogP contribution in [0.25, 0.3) is 0 Å². The topological polar surface area (TPSA) is 77.0 Å². The van der Waals surface area contributed by atoms with Crippen LogP contribution in [0.5, 0.6) is 0 Å². The Hall–Kier alpha value is -0.940. The number of nitrogens with zero attached hydrogens (tertiary/aromatic N) is 2. The van der Waals surface area contributed by atoms with Gasteiger partial charge in [-0.25, -0.2) is 0 Å². The van der Waals surface area contributed by atoms with Crippen LogP contribution in [0, 0.1) is 0 Å². The predicted molar refractivity (Wildman–Crippen MR) is 56.2 cm³/mol. The van der Waals surface area contributed by atoms with Crippen molar-refractivity contribution >= 4 is 0 Å². The molecule has 0 unspecified atom stereocenters. The lowest BCUT2D eigenvalue weighted by atomic mass is 9.92. The van der Waals surface area contributed by atoms with E-state index in [0.717, 1.165) is 25.8 Å². The van der Waals surface area contributed by atoms with Crippen LogP contribution < -0.4 is 11.1 Å². The molecule has 84 valence electrons. The maximum Gasteiger partial charge on any atom is 0.227 e. The minimum Gasteiger partial charge on any atom is -0.340 e. The minimum atomic E-state index is 0.416. The maximum atomic E-state index is 5.84. The van der Waals surface area contributed by atoms with E-state index in [2.05, 4.69) is 15.5 Å². The van der Waals surface area contributed by atoms with Crippen LogP contribution in [0.15, 0.2) is 10.9 Å². The normalized spacial score (nSPS) is 26.7. The van der Waals surface area contributed by atoms with Crippen molar-refractivity contribution in [3.63, 3.8) is 0 Å². The summed E-state index contributed by atoms with van der Waals surface area (Å²) in [7, 11) is 0. The molecule has 2 rings (SSSR count). The van der Waals surface area contributed by atoms with Crippen LogP contribution in [0.2, 0.25) is 0 Å². The molecule has 5 nitrogen and oxygen atoms in total. The number of aromatic nitrogens is 2. The lowest BCUT2D eigenvalue weighted by molar-refractivity contribution is 0.332. The van der Waals surface area contributed by atoms with Crippen LogP contribution in [-0.2, 0) is 6.42 Å². The van der Waals surface area contributed by atoms with Crippen LogP contribution >= 0.6 is 0 Å². The zero-order valence-electron chi connectivity index (χ0n) is 8.85. The van der Waals surface area contributed by atoms with Crippen LogP contribution in [0.1, 0.15) is 31.6 Å². The molecule has 0 radical (unpaired) electrons. The molecule has 1 aliphatic rings. The van der Waals surface area contributed by atoms with Crippen molar-refractivity contribution in [3.05, 3.63) is 12.2 Å². The highest BCUT2D eigenvalue weighted by Crippen LogP contribution is 2.16. The summed E-state index contributed by atoms with van der Waals surface area (Å²) in [6, 6.07) is 1.03. The molecule has 5 heteroatoms. The average molecular weight is 210 g/mol. The second-order valence-electron chi connectivity index (χ2n) is 4.15. The van der Waals surface area contributed by atoms with E-state index in [-0.39, 0.29) is 0 Å². The van der Waals surface area contributed by atoms with Crippen LogP contribution in [0.4, 0.5) is 0 Å². The second-order valence-corrected chi connectivity index (χ2v) is 4.15. The average Bonchev–Trinajstić information content (AvgIpc) is 2.74. The van der Waals surface area contributed by atoms with E-state index in [0.29, 0.717) is 18.0 Å². The Morgan fingerprint density at radius 2 is 2.20 bits per heavy atom. The van der Waals surface area contributed by atoms with Gasteiger partial charge in [0.05, 0.1) is 0 Å². The third-order valence-electron chi connectivity index (χ3n) is 2.95. The lowest BCUT2D eigenvalue weighted by Gasteiger charge is -2.26. The fraction of sp³-hybridized carbons (Fsp3) is 0.800. The summed E-state index contributed by atoms with van der Waals surface area (Å²) >= 11 is 0. The molecule has 0 atom stereocenters. The van der Waals surface area contributed by atoms with Crippen LogP contribution in [0.3, 0.4) is 0 Å². The van der Waals surface area contributed by atoms with Crippen molar-refractivity contribution in [1.82, 2.24) is 15.5 Å². The van der Waals surface area contributed by atoms with E-state index < -0.39 is 0 Å². The molecule has 0 bridgehead atoms. The van der Waals surface area contributed by atoms with E-state index in [9.17, 15) is 0 Å². The van der Waals surface area contributed by atoms with E-state index in [1.165, 1.54) is 19.2 Å². The Balaban J connectivity index is 1.62. The van der Waals surface area contributed by atoms with E-state index >= 15 is 0 Å².